The van der Waals surface area contributed by atoms with E-state index in [4.69, 9.17) is 9.47 Å². The van der Waals surface area contributed by atoms with E-state index in [9.17, 15) is 22.8 Å². The largest absolute Gasteiger partial charge is 0.446 e. The molecule has 0 saturated carbocycles. The average molecular weight is 469 g/mol. The number of anilines is 2. The molecule has 2 amide bonds. The van der Waals surface area contributed by atoms with Gasteiger partial charge in [-0.3, -0.25) is 4.90 Å². The van der Waals surface area contributed by atoms with Crippen LogP contribution < -0.4 is 15.2 Å². The highest BCUT2D eigenvalue weighted by atomic mass is 19.1. The minimum Gasteiger partial charge on any atom is -0.446 e. The van der Waals surface area contributed by atoms with Gasteiger partial charge in [-0.25, -0.2) is 37.9 Å². The van der Waals surface area contributed by atoms with Crippen molar-refractivity contribution in [2.45, 2.75) is 12.6 Å². The van der Waals surface area contributed by atoms with Gasteiger partial charge in [-0.2, -0.15) is 0 Å². The van der Waals surface area contributed by atoms with Gasteiger partial charge in [0.25, 0.3) is 0 Å². The minimum atomic E-state index is -0.856. The average Bonchev–Trinajstić information content (AvgIpc) is 3.35. The maximum Gasteiger partial charge on any atom is 0.424 e. The zero-order valence-corrected chi connectivity index (χ0v) is 17.5. The number of ether oxygens (including phenoxy) is 2. The summed E-state index contributed by atoms with van der Waals surface area (Å²) in [6.45, 7) is -0.245. The van der Waals surface area contributed by atoms with Crippen molar-refractivity contribution in [3.8, 4) is 0 Å². The Bertz CT molecular complexity index is 971. The monoisotopic (exact) mass is 469 g/mol. The highest BCUT2D eigenvalue weighted by Gasteiger charge is 2.34. The predicted octanol–water partition coefficient (Wildman–Crippen LogP) is 1.31. The molecule has 1 aromatic carbocycles. The Hall–Kier alpha value is -3.55. The molecule has 2 fully saturated rings. The first-order chi connectivity index (χ1) is 16.0. The van der Waals surface area contributed by atoms with Crippen molar-refractivity contribution in [2.24, 2.45) is 0 Å². The molecule has 2 saturated heterocycles. The SMILES string of the molecule is O=C(OCCF)N1CCN(c2c(F)cc(N3C[C@H](Cn4ccnn4)OC3=O)cc2F)CCN1. The van der Waals surface area contributed by atoms with E-state index in [-0.39, 0.29) is 57.3 Å². The quantitative estimate of drug-likeness (QED) is 0.676. The fraction of sp³-hybridized carbons (Fsp3) is 0.474. The van der Waals surface area contributed by atoms with Crippen molar-refractivity contribution in [2.75, 3.05) is 55.8 Å². The number of hydrogen-bond donors (Lipinski definition) is 1. The molecule has 1 N–H and O–H groups in total. The van der Waals surface area contributed by atoms with Crippen molar-refractivity contribution in [3.05, 3.63) is 36.2 Å². The molecule has 178 valence electrons. The summed E-state index contributed by atoms with van der Waals surface area (Å²) in [5.74, 6) is -1.71. The number of carbonyl (C=O) groups is 2. The number of halogens is 3. The molecule has 2 aliphatic heterocycles. The van der Waals surface area contributed by atoms with Crippen molar-refractivity contribution in [1.82, 2.24) is 25.4 Å². The third kappa shape index (κ3) is 5.10. The van der Waals surface area contributed by atoms with Crippen LogP contribution in [0.5, 0.6) is 0 Å². The van der Waals surface area contributed by atoms with Gasteiger partial charge in [-0.05, 0) is 0 Å². The summed E-state index contributed by atoms with van der Waals surface area (Å²) in [6, 6.07) is 2.15. The normalized spacial score (nSPS) is 18.9. The molecule has 2 aromatic rings. The van der Waals surface area contributed by atoms with Gasteiger partial charge in [0.05, 0.1) is 31.5 Å². The van der Waals surface area contributed by atoms with Crippen LogP contribution in [-0.4, -0.2) is 84.3 Å². The molecule has 0 bridgehead atoms. The molecule has 2 aliphatic rings. The maximum absolute atomic E-state index is 15.0. The fourth-order valence-electron chi connectivity index (χ4n) is 3.69. The first-order valence-corrected chi connectivity index (χ1v) is 10.3. The Labute approximate surface area is 186 Å². The number of hydrogen-bond acceptors (Lipinski definition) is 8. The van der Waals surface area contributed by atoms with E-state index in [0.717, 1.165) is 22.0 Å². The number of nitrogens with one attached hydrogen (secondary N) is 1. The summed E-state index contributed by atoms with van der Waals surface area (Å²) in [5, 5.41) is 8.62. The predicted molar refractivity (Wildman–Crippen MR) is 108 cm³/mol. The number of benzene rings is 1. The van der Waals surface area contributed by atoms with Crippen LogP contribution in [0.3, 0.4) is 0 Å². The molecule has 1 atom stereocenters. The molecule has 3 heterocycles. The second kappa shape index (κ2) is 9.94. The molecule has 0 aliphatic carbocycles. The third-order valence-electron chi connectivity index (χ3n) is 5.17. The van der Waals surface area contributed by atoms with E-state index in [2.05, 4.69) is 15.7 Å². The van der Waals surface area contributed by atoms with E-state index in [1.165, 1.54) is 15.8 Å². The molecule has 0 radical (unpaired) electrons. The van der Waals surface area contributed by atoms with Crippen LogP contribution in [0.1, 0.15) is 0 Å². The summed E-state index contributed by atoms with van der Waals surface area (Å²) in [5.41, 5.74) is 2.54. The van der Waals surface area contributed by atoms with Gasteiger partial charge in [0.15, 0.2) is 11.6 Å². The Morgan fingerprint density at radius 2 is 2.03 bits per heavy atom. The summed E-state index contributed by atoms with van der Waals surface area (Å²) in [4.78, 5) is 26.8. The van der Waals surface area contributed by atoms with Crippen LogP contribution in [0.2, 0.25) is 0 Å². The smallest absolute Gasteiger partial charge is 0.424 e. The van der Waals surface area contributed by atoms with Crippen molar-refractivity contribution in [1.29, 1.82) is 0 Å². The highest BCUT2D eigenvalue weighted by Crippen LogP contribution is 2.31. The molecule has 14 heteroatoms. The zero-order valence-electron chi connectivity index (χ0n) is 17.5. The van der Waals surface area contributed by atoms with Crippen LogP contribution >= 0.6 is 0 Å². The molecular formula is C19H22F3N7O4. The van der Waals surface area contributed by atoms with E-state index in [0.29, 0.717) is 0 Å². The highest BCUT2D eigenvalue weighted by molar-refractivity contribution is 5.90. The van der Waals surface area contributed by atoms with Crippen molar-refractivity contribution >= 4 is 23.6 Å². The summed E-state index contributed by atoms with van der Waals surface area (Å²) in [7, 11) is 0. The van der Waals surface area contributed by atoms with E-state index in [1.54, 1.807) is 6.20 Å². The fourth-order valence-corrected chi connectivity index (χ4v) is 3.69. The number of alkyl halides is 1. The van der Waals surface area contributed by atoms with Gasteiger partial charge in [0.1, 0.15) is 25.1 Å². The second-order valence-electron chi connectivity index (χ2n) is 7.35. The summed E-state index contributed by atoms with van der Waals surface area (Å²) in [6.07, 6.45) is 1.07. The molecule has 11 nitrogen and oxygen atoms in total. The Morgan fingerprint density at radius 3 is 2.73 bits per heavy atom. The van der Waals surface area contributed by atoms with Crippen LogP contribution in [0.25, 0.3) is 0 Å². The number of hydrazine groups is 1. The molecular weight excluding hydrogens is 447 g/mol. The number of rotatable bonds is 6. The van der Waals surface area contributed by atoms with Gasteiger partial charge in [-0.1, -0.05) is 5.21 Å². The van der Waals surface area contributed by atoms with Crippen molar-refractivity contribution < 1.29 is 32.2 Å². The number of cyclic esters (lactones) is 1. The lowest BCUT2D eigenvalue weighted by atomic mass is 10.2. The maximum atomic E-state index is 15.0. The lowest BCUT2D eigenvalue weighted by Crippen LogP contribution is -2.44. The molecule has 4 rings (SSSR count). The lowest BCUT2D eigenvalue weighted by molar-refractivity contribution is 0.0818. The summed E-state index contributed by atoms with van der Waals surface area (Å²) < 4.78 is 53.7. The van der Waals surface area contributed by atoms with Gasteiger partial charge < -0.3 is 14.4 Å². The van der Waals surface area contributed by atoms with Gasteiger partial charge in [0, 0.05) is 38.0 Å². The Morgan fingerprint density at radius 1 is 1.24 bits per heavy atom. The first-order valence-electron chi connectivity index (χ1n) is 10.3. The summed E-state index contributed by atoms with van der Waals surface area (Å²) >= 11 is 0. The van der Waals surface area contributed by atoms with Gasteiger partial charge >= 0.3 is 12.2 Å². The number of amides is 2. The van der Waals surface area contributed by atoms with Crippen molar-refractivity contribution in [3.63, 3.8) is 0 Å². The Kier molecular flexibility index (Phi) is 6.82. The topological polar surface area (TPSA) is 105 Å². The Balaban J connectivity index is 1.44. The molecule has 0 spiro atoms. The zero-order chi connectivity index (χ0) is 23.4. The molecule has 0 unspecified atom stereocenters. The van der Waals surface area contributed by atoms with E-state index < -0.39 is 36.6 Å². The van der Waals surface area contributed by atoms with Crippen LogP contribution in [0.15, 0.2) is 24.5 Å². The number of aromatic nitrogens is 3. The lowest BCUT2D eigenvalue weighted by Gasteiger charge is -2.25. The second-order valence-corrected chi connectivity index (χ2v) is 7.35. The van der Waals surface area contributed by atoms with Gasteiger partial charge in [0.2, 0.25) is 0 Å². The van der Waals surface area contributed by atoms with Crippen LogP contribution in [0.4, 0.5) is 34.1 Å². The van der Waals surface area contributed by atoms with Crippen LogP contribution in [-0.2, 0) is 16.0 Å². The van der Waals surface area contributed by atoms with E-state index >= 15 is 0 Å². The molecule has 1 aromatic heterocycles. The molecule has 33 heavy (non-hydrogen) atoms. The van der Waals surface area contributed by atoms with E-state index in [1.807, 2.05) is 0 Å². The minimum absolute atomic E-state index is 0.0317. The standard InChI is InChI=1S/C19H22F3N7O4/c20-1-8-32-19(31)29-7-6-26(4-3-24-29)17-15(21)9-13(10-16(17)22)28-12-14(33-18(28)30)11-27-5-2-23-25-27/h2,5,9-10,14,24H,1,3-4,6-8,11-12H2/t14-/m0/s1. The van der Waals surface area contributed by atoms with Gasteiger partial charge in [-0.15, -0.1) is 5.10 Å². The van der Waals surface area contributed by atoms with Crippen LogP contribution in [0, 0.1) is 11.6 Å². The number of nitrogens with zero attached hydrogens (tertiary/aromatic N) is 6. The number of carbonyl (C=O) groups excluding carboxylic acids is 2. The third-order valence-corrected chi connectivity index (χ3v) is 5.17. The first kappa shape index (κ1) is 22.6.